The highest BCUT2D eigenvalue weighted by molar-refractivity contribution is 5.10. The molecule has 2 N–H and O–H groups in total. The summed E-state index contributed by atoms with van der Waals surface area (Å²) in [7, 11) is 0. The van der Waals surface area contributed by atoms with Crippen LogP contribution >= 0.6 is 0 Å². The van der Waals surface area contributed by atoms with Crippen molar-refractivity contribution in [2.45, 2.75) is 56.4 Å². The predicted octanol–water partition coefficient (Wildman–Crippen LogP) is 3.29. The number of halogens is 5. The minimum Gasteiger partial charge on any atom is -0.387 e. The number of allylic oxidation sites excluding steroid dienone is 2. The summed E-state index contributed by atoms with van der Waals surface area (Å²) in [6.07, 6.45) is -2.39. The second kappa shape index (κ2) is 5.19. The molecule has 5 atom stereocenters. The lowest BCUT2D eigenvalue weighted by molar-refractivity contribution is -0.342. The topological polar surface area (TPSA) is 40.5 Å². The number of alkyl halides is 5. The summed E-state index contributed by atoms with van der Waals surface area (Å²) >= 11 is 0. The Bertz CT molecular complexity index is 416. The van der Waals surface area contributed by atoms with Gasteiger partial charge in [-0.05, 0) is 50.4 Å². The maximum Gasteiger partial charge on any atom is 0.423 e. The van der Waals surface area contributed by atoms with Crippen molar-refractivity contribution < 1.29 is 32.2 Å². The Morgan fingerprint density at radius 3 is 2.19 bits per heavy atom. The van der Waals surface area contributed by atoms with E-state index in [4.69, 9.17) is 5.11 Å². The molecule has 7 heteroatoms. The van der Waals surface area contributed by atoms with E-state index in [1.807, 2.05) is 6.08 Å². The zero-order valence-corrected chi connectivity index (χ0v) is 11.6. The summed E-state index contributed by atoms with van der Waals surface area (Å²) in [6.45, 7) is -0.00348. The fourth-order valence-electron chi connectivity index (χ4n) is 3.29. The van der Waals surface area contributed by atoms with E-state index in [0.717, 1.165) is 12.8 Å². The maximum atomic E-state index is 13.7. The average molecular weight is 314 g/mol. The predicted molar refractivity (Wildman–Crippen MR) is 65.7 cm³/mol. The van der Waals surface area contributed by atoms with E-state index >= 15 is 0 Å². The molecule has 0 radical (unpaired) electrons. The molecule has 0 aliphatic heterocycles. The van der Waals surface area contributed by atoms with Gasteiger partial charge in [0.1, 0.15) is 6.10 Å². The first kappa shape index (κ1) is 16.7. The van der Waals surface area contributed by atoms with Crippen LogP contribution < -0.4 is 0 Å². The molecule has 2 aliphatic carbocycles. The third-order valence-corrected chi connectivity index (χ3v) is 4.85. The van der Waals surface area contributed by atoms with E-state index in [2.05, 4.69) is 6.08 Å². The van der Waals surface area contributed by atoms with Gasteiger partial charge in [0.15, 0.2) is 0 Å². The number of aliphatic hydroxyl groups excluding tert-OH is 1. The average Bonchev–Trinajstić information content (AvgIpc) is 2.96. The van der Waals surface area contributed by atoms with Gasteiger partial charge in [-0.1, -0.05) is 12.2 Å². The van der Waals surface area contributed by atoms with Gasteiger partial charge in [-0.3, -0.25) is 0 Å². The van der Waals surface area contributed by atoms with Crippen molar-refractivity contribution in [1.29, 1.82) is 0 Å². The molecule has 2 rings (SSSR count). The second-order valence-corrected chi connectivity index (χ2v) is 6.33. The molecular weight excluding hydrogens is 295 g/mol. The largest absolute Gasteiger partial charge is 0.423 e. The van der Waals surface area contributed by atoms with Crippen LogP contribution in [0.1, 0.15) is 32.6 Å². The molecule has 1 saturated carbocycles. The second-order valence-electron chi connectivity index (χ2n) is 6.33. The van der Waals surface area contributed by atoms with Crippen molar-refractivity contribution in [2.75, 3.05) is 0 Å². The minimum atomic E-state index is -5.51. The lowest BCUT2D eigenvalue weighted by Crippen LogP contribution is -2.61. The molecule has 0 spiro atoms. The van der Waals surface area contributed by atoms with Crippen molar-refractivity contribution in [1.82, 2.24) is 0 Å². The SMILES string of the molecule is CC(O)(C(F)(F)F)C(F)(F)C(O)CCC1CC2C=CC1C2. The first-order chi connectivity index (χ1) is 9.47. The highest BCUT2D eigenvalue weighted by Crippen LogP contribution is 2.48. The van der Waals surface area contributed by atoms with E-state index < -0.39 is 30.2 Å². The lowest BCUT2D eigenvalue weighted by atomic mass is 9.85. The van der Waals surface area contributed by atoms with Gasteiger partial charge in [0.2, 0.25) is 5.60 Å². The van der Waals surface area contributed by atoms with Crippen molar-refractivity contribution in [3.05, 3.63) is 12.2 Å². The Morgan fingerprint density at radius 1 is 1.14 bits per heavy atom. The van der Waals surface area contributed by atoms with Crippen LogP contribution in [0, 0.1) is 17.8 Å². The fraction of sp³-hybridized carbons (Fsp3) is 0.857. The van der Waals surface area contributed by atoms with E-state index in [0.29, 0.717) is 5.92 Å². The molecule has 0 aromatic rings. The lowest BCUT2D eigenvalue weighted by Gasteiger charge is -2.37. The van der Waals surface area contributed by atoms with Crippen molar-refractivity contribution in [3.8, 4) is 0 Å². The van der Waals surface area contributed by atoms with E-state index in [-0.39, 0.29) is 25.2 Å². The first-order valence-electron chi connectivity index (χ1n) is 7.00. The zero-order chi connectivity index (χ0) is 16.1. The standard InChI is InChI=1S/C14H19F5O2/c1-12(21,14(17,18)19)13(15,16)11(20)5-4-10-7-8-2-3-9(10)6-8/h2-3,8-11,20-21H,4-7H2,1H3. The van der Waals surface area contributed by atoms with E-state index in [1.54, 1.807) is 0 Å². The van der Waals surface area contributed by atoms with Gasteiger partial charge in [-0.25, -0.2) is 8.78 Å². The molecular formula is C14H19F5O2. The molecule has 21 heavy (non-hydrogen) atoms. The van der Waals surface area contributed by atoms with Crippen LogP contribution in [0.25, 0.3) is 0 Å². The van der Waals surface area contributed by atoms with Crippen LogP contribution in [0.4, 0.5) is 22.0 Å². The van der Waals surface area contributed by atoms with Gasteiger partial charge < -0.3 is 10.2 Å². The summed E-state index contributed by atoms with van der Waals surface area (Å²) < 4.78 is 64.9. The summed E-state index contributed by atoms with van der Waals surface area (Å²) in [5, 5.41) is 18.6. The molecule has 0 aromatic carbocycles. The molecule has 2 nitrogen and oxygen atoms in total. The molecule has 2 bridgehead atoms. The molecule has 0 aromatic heterocycles. The summed E-state index contributed by atoms with van der Waals surface area (Å²) in [6, 6.07) is 0. The van der Waals surface area contributed by atoms with Crippen molar-refractivity contribution >= 4 is 0 Å². The monoisotopic (exact) mass is 314 g/mol. The third kappa shape index (κ3) is 2.82. The summed E-state index contributed by atoms with van der Waals surface area (Å²) in [5.74, 6) is -3.81. The van der Waals surface area contributed by atoms with Crippen LogP contribution in [0.2, 0.25) is 0 Å². The molecule has 0 saturated heterocycles. The van der Waals surface area contributed by atoms with Gasteiger partial charge in [-0.2, -0.15) is 13.2 Å². The van der Waals surface area contributed by atoms with Crippen LogP contribution in [0.5, 0.6) is 0 Å². The number of hydrogen-bond donors (Lipinski definition) is 2. The maximum absolute atomic E-state index is 13.7. The first-order valence-corrected chi connectivity index (χ1v) is 7.00. The number of fused-ring (bicyclic) bond motifs is 2. The van der Waals surface area contributed by atoms with E-state index in [9.17, 15) is 27.1 Å². The number of aliphatic hydroxyl groups is 2. The van der Waals surface area contributed by atoms with Gasteiger partial charge in [0.25, 0.3) is 0 Å². The summed E-state index contributed by atoms with van der Waals surface area (Å²) in [5.41, 5.74) is -4.24. The van der Waals surface area contributed by atoms with E-state index in [1.165, 1.54) is 0 Å². The van der Waals surface area contributed by atoms with Gasteiger partial charge in [-0.15, -0.1) is 0 Å². The number of rotatable bonds is 5. The number of hydrogen-bond acceptors (Lipinski definition) is 2. The van der Waals surface area contributed by atoms with Gasteiger partial charge >= 0.3 is 12.1 Å². The van der Waals surface area contributed by atoms with Crippen LogP contribution in [0.15, 0.2) is 12.2 Å². The molecule has 1 fully saturated rings. The Labute approximate surface area is 119 Å². The fourth-order valence-corrected chi connectivity index (χ4v) is 3.29. The normalized spacial score (nSPS) is 33.2. The minimum absolute atomic E-state index is 0.00348. The highest BCUT2D eigenvalue weighted by atomic mass is 19.4. The Hall–Kier alpha value is -0.690. The molecule has 122 valence electrons. The van der Waals surface area contributed by atoms with Crippen molar-refractivity contribution in [3.63, 3.8) is 0 Å². The smallest absolute Gasteiger partial charge is 0.387 e. The quantitative estimate of drug-likeness (QED) is 0.604. The summed E-state index contributed by atoms with van der Waals surface area (Å²) in [4.78, 5) is 0. The zero-order valence-electron chi connectivity index (χ0n) is 11.6. The van der Waals surface area contributed by atoms with Crippen molar-refractivity contribution in [2.24, 2.45) is 17.8 Å². The molecule has 5 unspecified atom stereocenters. The van der Waals surface area contributed by atoms with Gasteiger partial charge in [0, 0.05) is 0 Å². The van der Waals surface area contributed by atoms with Crippen LogP contribution in [0.3, 0.4) is 0 Å². The Kier molecular flexibility index (Phi) is 4.12. The molecule has 0 amide bonds. The Morgan fingerprint density at radius 2 is 1.76 bits per heavy atom. The third-order valence-electron chi connectivity index (χ3n) is 4.85. The van der Waals surface area contributed by atoms with Crippen LogP contribution in [-0.4, -0.2) is 34.0 Å². The molecule has 0 heterocycles. The molecule has 2 aliphatic rings. The Balaban J connectivity index is 1.95. The van der Waals surface area contributed by atoms with Crippen LogP contribution in [-0.2, 0) is 0 Å². The highest BCUT2D eigenvalue weighted by Gasteiger charge is 2.68. The van der Waals surface area contributed by atoms with Gasteiger partial charge in [0.05, 0.1) is 0 Å².